The van der Waals surface area contributed by atoms with Crippen LogP contribution in [0.4, 0.5) is 10.5 Å². The van der Waals surface area contributed by atoms with E-state index in [2.05, 4.69) is 56.8 Å². The minimum Gasteiger partial charge on any atom is -0.497 e. The lowest BCUT2D eigenvalue weighted by Crippen LogP contribution is -2.50. The lowest BCUT2D eigenvalue weighted by atomic mass is 10.0. The number of methoxy groups -OCH3 is 1. The third kappa shape index (κ3) is 5.93. The maximum atomic E-state index is 12.7. The molecule has 0 aromatic heterocycles. The molecule has 7 heteroatoms. The number of benzene rings is 2. The highest BCUT2D eigenvalue weighted by atomic mass is 16.5. The first kappa shape index (κ1) is 22.4. The smallest absolute Gasteiger partial charge is 0.315 e. The number of hydrogen-bond donors (Lipinski definition) is 2. The first-order chi connectivity index (χ1) is 15.7. The van der Waals surface area contributed by atoms with Crippen molar-refractivity contribution >= 4 is 11.7 Å². The minimum atomic E-state index is -0.0814. The van der Waals surface area contributed by atoms with Gasteiger partial charge in [0.25, 0.3) is 0 Å². The summed E-state index contributed by atoms with van der Waals surface area (Å²) in [6.07, 6.45) is 1.87. The number of ether oxygens (including phenoxy) is 2. The van der Waals surface area contributed by atoms with Crippen LogP contribution in [-0.2, 0) is 4.74 Å². The second-order valence-electron chi connectivity index (χ2n) is 8.39. The Balaban J connectivity index is 1.25. The Morgan fingerprint density at radius 3 is 2.38 bits per heavy atom. The lowest BCUT2D eigenvalue weighted by Gasteiger charge is -2.36. The van der Waals surface area contributed by atoms with Gasteiger partial charge in [0.2, 0.25) is 0 Å². The first-order valence-corrected chi connectivity index (χ1v) is 11.5. The zero-order chi connectivity index (χ0) is 22.2. The molecule has 2 fully saturated rings. The van der Waals surface area contributed by atoms with Gasteiger partial charge in [-0.1, -0.05) is 30.3 Å². The van der Waals surface area contributed by atoms with Crippen LogP contribution in [0.2, 0.25) is 0 Å². The van der Waals surface area contributed by atoms with Gasteiger partial charge in [-0.15, -0.1) is 0 Å². The largest absolute Gasteiger partial charge is 0.497 e. The summed E-state index contributed by atoms with van der Waals surface area (Å²) >= 11 is 0. The number of hydrogen-bond acceptors (Lipinski definition) is 5. The van der Waals surface area contributed by atoms with Gasteiger partial charge in [0.15, 0.2) is 0 Å². The molecule has 4 rings (SSSR count). The van der Waals surface area contributed by atoms with Crippen molar-refractivity contribution in [1.29, 1.82) is 0 Å². The van der Waals surface area contributed by atoms with Crippen molar-refractivity contribution in [2.75, 3.05) is 57.9 Å². The van der Waals surface area contributed by atoms with E-state index in [-0.39, 0.29) is 18.1 Å². The number of rotatable bonds is 7. The van der Waals surface area contributed by atoms with E-state index in [0.29, 0.717) is 6.54 Å². The van der Waals surface area contributed by atoms with Gasteiger partial charge in [-0.25, -0.2) is 4.79 Å². The molecule has 2 N–H and O–H groups in total. The van der Waals surface area contributed by atoms with E-state index in [1.54, 1.807) is 7.11 Å². The van der Waals surface area contributed by atoms with E-state index >= 15 is 0 Å². The van der Waals surface area contributed by atoms with Crippen molar-refractivity contribution in [2.24, 2.45) is 0 Å². The number of carbonyl (C=O) groups excluding carboxylic acids is 1. The van der Waals surface area contributed by atoms with Gasteiger partial charge in [0, 0.05) is 44.5 Å². The van der Waals surface area contributed by atoms with Crippen LogP contribution < -0.4 is 20.3 Å². The molecule has 0 aliphatic carbocycles. The molecule has 1 atom stereocenters. The molecular weight excluding hydrogens is 404 g/mol. The summed E-state index contributed by atoms with van der Waals surface area (Å²) in [5.74, 6) is 0.868. The SMILES string of the molecule is COc1ccc(N2CCC(NC(=O)NCC(c3ccccc3)N3CCOCC3)CC2)cc1. The fourth-order valence-corrected chi connectivity index (χ4v) is 4.52. The van der Waals surface area contributed by atoms with Gasteiger partial charge in [0.05, 0.1) is 26.4 Å². The molecule has 1 unspecified atom stereocenters. The molecule has 2 heterocycles. The highest BCUT2D eigenvalue weighted by Crippen LogP contribution is 2.23. The van der Waals surface area contributed by atoms with Crippen LogP contribution in [0.1, 0.15) is 24.4 Å². The number of amides is 2. The van der Waals surface area contributed by atoms with Gasteiger partial charge in [-0.2, -0.15) is 0 Å². The zero-order valence-electron chi connectivity index (χ0n) is 18.8. The van der Waals surface area contributed by atoms with Crippen molar-refractivity contribution < 1.29 is 14.3 Å². The average molecular weight is 439 g/mol. The number of nitrogens with zero attached hydrogens (tertiary/aromatic N) is 2. The molecule has 0 spiro atoms. The third-order valence-electron chi connectivity index (χ3n) is 6.39. The molecule has 2 aromatic carbocycles. The van der Waals surface area contributed by atoms with Crippen LogP contribution in [0.15, 0.2) is 54.6 Å². The number of anilines is 1. The van der Waals surface area contributed by atoms with Crippen molar-refractivity contribution in [1.82, 2.24) is 15.5 Å². The Hall–Kier alpha value is -2.77. The first-order valence-electron chi connectivity index (χ1n) is 11.5. The van der Waals surface area contributed by atoms with E-state index in [4.69, 9.17) is 9.47 Å². The van der Waals surface area contributed by atoms with Gasteiger partial charge in [0.1, 0.15) is 5.75 Å². The molecule has 2 aliphatic rings. The standard InChI is InChI=1S/C25H34N4O3/c1-31-23-9-7-22(8-10-23)28-13-11-21(12-14-28)27-25(30)26-19-24(20-5-3-2-4-6-20)29-15-17-32-18-16-29/h2-10,21,24H,11-19H2,1H3,(H2,26,27,30). The van der Waals surface area contributed by atoms with Gasteiger partial charge < -0.3 is 25.0 Å². The average Bonchev–Trinajstić information content (AvgIpc) is 2.86. The van der Waals surface area contributed by atoms with Gasteiger partial charge >= 0.3 is 6.03 Å². The number of piperidine rings is 1. The van der Waals surface area contributed by atoms with E-state index in [1.165, 1.54) is 11.3 Å². The Kier molecular flexibility index (Phi) is 7.85. The molecule has 0 bridgehead atoms. The maximum Gasteiger partial charge on any atom is 0.315 e. The van der Waals surface area contributed by atoms with Crippen LogP contribution in [0.5, 0.6) is 5.75 Å². The monoisotopic (exact) mass is 438 g/mol. The van der Waals surface area contributed by atoms with E-state index < -0.39 is 0 Å². The molecule has 7 nitrogen and oxygen atoms in total. The molecule has 0 saturated carbocycles. The van der Waals surface area contributed by atoms with Gasteiger partial charge in [-0.3, -0.25) is 4.90 Å². The van der Waals surface area contributed by atoms with Crippen LogP contribution in [-0.4, -0.2) is 70.0 Å². The second kappa shape index (κ2) is 11.2. The predicted molar refractivity (Wildman–Crippen MR) is 126 cm³/mol. The van der Waals surface area contributed by atoms with E-state index in [1.807, 2.05) is 18.2 Å². The van der Waals surface area contributed by atoms with E-state index in [0.717, 1.165) is 58.0 Å². The maximum absolute atomic E-state index is 12.7. The zero-order valence-corrected chi connectivity index (χ0v) is 18.8. The molecule has 32 heavy (non-hydrogen) atoms. The van der Waals surface area contributed by atoms with Crippen molar-refractivity contribution in [2.45, 2.75) is 24.9 Å². The molecule has 0 radical (unpaired) electrons. The lowest BCUT2D eigenvalue weighted by molar-refractivity contribution is 0.0167. The number of carbonyl (C=O) groups is 1. The summed E-state index contributed by atoms with van der Waals surface area (Å²) in [6.45, 7) is 5.68. The Morgan fingerprint density at radius 2 is 1.72 bits per heavy atom. The molecular formula is C25H34N4O3. The van der Waals surface area contributed by atoms with Crippen molar-refractivity contribution in [3.8, 4) is 5.75 Å². The van der Waals surface area contributed by atoms with Crippen LogP contribution in [0.25, 0.3) is 0 Å². The molecule has 2 aromatic rings. The molecule has 2 aliphatic heterocycles. The van der Waals surface area contributed by atoms with Crippen LogP contribution in [0.3, 0.4) is 0 Å². The summed E-state index contributed by atoms with van der Waals surface area (Å²) in [6, 6.07) is 18.8. The van der Waals surface area contributed by atoms with Crippen molar-refractivity contribution in [3.05, 3.63) is 60.2 Å². The Labute approximate surface area is 190 Å². The summed E-state index contributed by atoms with van der Waals surface area (Å²) < 4.78 is 10.8. The fourth-order valence-electron chi connectivity index (χ4n) is 4.52. The van der Waals surface area contributed by atoms with Crippen LogP contribution in [0, 0.1) is 0 Å². The molecule has 2 amide bonds. The van der Waals surface area contributed by atoms with Gasteiger partial charge in [-0.05, 0) is 42.7 Å². The van der Waals surface area contributed by atoms with Crippen LogP contribution >= 0.6 is 0 Å². The number of nitrogens with one attached hydrogen (secondary N) is 2. The topological polar surface area (TPSA) is 66.1 Å². The normalized spacial score (nSPS) is 18.7. The summed E-state index contributed by atoms with van der Waals surface area (Å²) in [7, 11) is 1.68. The summed E-state index contributed by atoms with van der Waals surface area (Å²) in [5, 5.41) is 6.30. The molecule has 2 saturated heterocycles. The summed E-state index contributed by atoms with van der Waals surface area (Å²) in [4.78, 5) is 17.4. The fraction of sp³-hybridized carbons (Fsp3) is 0.480. The Morgan fingerprint density at radius 1 is 1.03 bits per heavy atom. The Bertz CT molecular complexity index is 832. The number of morpholine rings is 1. The molecule has 172 valence electrons. The van der Waals surface area contributed by atoms with Crippen molar-refractivity contribution in [3.63, 3.8) is 0 Å². The van der Waals surface area contributed by atoms with E-state index in [9.17, 15) is 4.79 Å². The number of urea groups is 1. The minimum absolute atomic E-state index is 0.0814. The highest BCUT2D eigenvalue weighted by molar-refractivity contribution is 5.74. The third-order valence-corrected chi connectivity index (χ3v) is 6.39. The highest BCUT2D eigenvalue weighted by Gasteiger charge is 2.24. The second-order valence-corrected chi connectivity index (χ2v) is 8.39. The predicted octanol–water partition coefficient (Wildman–Crippen LogP) is 3.04. The summed E-state index contributed by atoms with van der Waals surface area (Å²) in [5.41, 5.74) is 2.42. The quantitative estimate of drug-likeness (QED) is 0.696.